The van der Waals surface area contributed by atoms with E-state index in [0.29, 0.717) is 28.3 Å². The Balaban J connectivity index is 1.56. The number of thioether (sulfide) groups is 1. The molecule has 1 N–H and O–H groups in total. The van der Waals surface area contributed by atoms with Gasteiger partial charge in [-0.1, -0.05) is 6.92 Å². The second-order valence-electron chi connectivity index (χ2n) is 7.89. The van der Waals surface area contributed by atoms with E-state index in [2.05, 4.69) is 16.9 Å². The molecule has 5 rings (SSSR count). The normalized spacial score (nSPS) is 35.8. The summed E-state index contributed by atoms with van der Waals surface area (Å²) >= 11 is 8.17. The molecule has 0 saturated heterocycles. The maximum absolute atomic E-state index is 13.1. The average molecular weight is 382 g/mol. The predicted octanol–water partition coefficient (Wildman–Crippen LogP) is 3.51. The van der Waals surface area contributed by atoms with Gasteiger partial charge in [0, 0.05) is 18.0 Å². The number of halogens is 1. The van der Waals surface area contributed by atoms with Gasteiger partial charge in [-0.25, -0.2) is 14.4 Å². The lowest BCUT2D eigenvalue weighted by atomic mass is 9.52. The lowest BCUT2D eigenvalue weighted by Gasteiger charge is -2.59. The molecule has 7 heteroatoms. The summed E-state index contributed by atoms with van der Waals surface area (Å²) in [5.74, 6) is 1.89. The van der Waals surface area contributed by atoms with Crippen molar-refractivity contribution in [2.24, 2.45) is 17.8 Å². The molecule has 2 unspecified atom stereocenters. The van der Waals surface area contributed by atoms with Crippen LogP contribution in [0, 0.1) is 17.8 Å². The number of aliphatic hydroxyl groups is 1. The van der Waals surface area contributed by atoms with Gasteiger partial charge in [-0.15, -0.1) is 11.8 Å². The molecule has 1 aromatic heterocycles. The second kappa shape index (κ2) is 6.71. The number of amides is 1. The first-order valence-electron chi connectivity index (χ1n) is 9.15. The zero-order valence-electron chi connectivity index (χ0n) is 14.4. The van der Waals surface area contributed by atoms with Crippen molar-refractivity contribution in [3.63, 3.8) is 0 Å². The first-order chi connectivity index (χ1) is 12.0. The summed E-state index contributed by atoms with van der Waals surface area (Å²) in [7, 11) is 0. The van der Waals surface area contributed by atoms with Crippen molar-refractivity contribution in [3.8, 4) is 0 Å². The molecule has 4 aliphatic rings. The zero-order valence-corrected chi connectivity index (χ0v) is 16.0. The van der Waals surface area contributed by atoms with Crippen LogP contribution in [-0.4, -0.2) is 42.8 Å². The van der Waals surface area contributed by atoms with Gasteiger partial charge in [0.1, 0.15) is 11.4 Å². The maximum atomic E-state index is 13.1. The van der Waals surface area contributed by atoms with Crippen molar-refractivity contribution < 1.29 is 9.90 Å². The molecule has 0 spiro atoms. The van der Waals surface area contributed by atoms with Crippen LogP contribution in [0.2, 0.25) is 0 Å². The molecule has 2 atom stereocenters. The Morgan fingerprint density at radius 3 is 2.76 bits per heavy atom. The molecule has 1 heterocycles. The number of hydrogen-bond donors (Lipinski definition) is 1. The lowest BCUT2D eigenvalue weighted by molar-refractivity contribution is -0.146. The van der Waals surface area contributed by atoms with Gasteiger partial charge in [-0.05, 0) is 62.0 Å². The number of nitrogens with zero attached hydrogens (tertiary/aromatic N) is 3. The van der Waals surface area contributed by atoms with E-state index in [4.69, 9.17) is 11.8 Å². The smallest absolute Gasteiger partial charge is 0.272 e. The van der Waals surface area contributed by atoms with E-state index in [1.807, 2.05) is 0 Å². The van der Waals surface area contributed by atoms with Gasteiger partial charge >= 0.3 is 0 Å². The predicted molar refractivity (Wildman–Crippen MR) is 97.4 cm³/mol. The Labute approximate surface area is 157 Å². The van der Waals surface area contributed by atoms with Crippen LogP contribution in [0.4, 0.5) is 0 Å². The van der Waals surface area contributed by atoms with Crippen molar-refractivity contribution >= 4 is 29.4 Å². The van der Waals surface area contributed by atoms with E-state index in [-0.39, 0.29) is 11.9 Å². The number of carbonyl (C=O) groups is 1. The van der Waals surface area contributed by atoms with Crippen molar-refractivity contribution in [3.05, 3.63) is 18.1 Å². The quantitative estimate of drug-likeness (QED) is 0.480. The fourth-order valence-electron chi connectivity index (χ4n) is 5.35. The summed E-state index contributed by atoms with van der Waals surface area (Å²) < 4.78 is 1.41. The third-order valence-corrected chi connectivity index (χ3v) is 7.59. The average Bonchev–Trinajstić information content (AvgIpc) is 2.57. The molecule has 1 amide bonds. The minimum atomic E-state index is -0.522. The maximum Gasteiger partial charge on any atom is 0.272 e. The van der Waals surface area contributed by atoms with Crippen LogP contribution >= 0.6 is 23.5 Å². The summed E-state index contributed by atoms with van der Waals surface area (Å²) in [6, 6.07) is 0.00947. The Hall–Kier alpha value is -0.850. The largest absolute Gasteiger partial charge is 0.390 e. The second-order valence-corrected chi connectivity index (χ2v) is 9.34. The summed E-state index contributed by atoms with van der Waals surface area (Å²) in [6.07, 6.45) is 8.67. The molecule has 4 bridgehead atoms. The lowest BCUT2D eigenvalue weighted by Crippen LogP contribution is -2.60. The van der Waals surface area contributed by atoms with Gasteiger partial charge in [0.15, 0.2) is 0 Å². The fourth-order valence-corrected chi connectivity index (χ4v) is 6.58. The van der Waals surface area contributed by atoms with Gasteiger partial charge in [0.2, 0.25) is 0 Å². The summed E-state index contributed by atoms with van der Waals surface area (Å²) in [4.78, 5) is 21.4. The van der Waals surface area contributed by atoms with E-state index in [1.165, 1.54) is 10.7 Å². The molecular weight excluding hydrogens is 358 g/mol. The molecule has 4 fully saturated rings. The molecule has 4 aliphatic carbocycles. The molecule has 1 aromatic rings. The number of carbonyl (C=O) groups excluding carboxylic acids is 1. The van der Waals surface area contributed by atoms with Crippen molar-refractivity contribution in [2.45, 2.75) is 62.1 Å². The zero-order chi connectivity index (χ0) is 17.6. The van der Waals surface area contributed by atoms with Gasteiger partial charge < -0.3 is 5.11 Å². The number of hydrogen-bond acceptors (Lipinski definition) is 5. The highest BCUT2D eigenvalue weighted by Gasteiger charge is 2.56. The highest BCUT2D eigenvalue weighted by Crippen LogP contribution is 2.57. The third kappa shape index (κ3) is 3.17. The Morgan fingerprint density at radius 2 is 2.12 bits per heavy atom. The molecule has 0 radical (unpaired) electrons. The van der Waals surface area contributed by atoms with Crippen LogP contribution in [0.25, 0.3) is 0 Å². The minimum Gasteiger partial charge on any atom is -0.390 e. The van der Waals surface area contributed by atoms with E-state index in [9.17, 15) is 9.90 Å². The van der Waals surface area contributed by atoms with Crippen molar-refractivity contribution in [1.82, 2.24) is 14.4 Å². The van der Waals surface area contributed by atoms with Crippen molar-refractivity contribution in [2.75, 3.05) is 5.75 Å². The first-order valence-corrected chi connectivity index (χ1v) is 10.5. The van der Waals surface area contributed by atoms with Crippen LogP contribution in [0.1, 0.15) is 55.8 Å². The SMILES string of the molecule is CCCSc1ncncc1C(=O)N(Cl)C1C2CC3CC1CC(O)(C3)C2. The van der Waals surface area contributed by atoms with Crippen molar-refractivity contribution in [1.29, 1.82) is 0 Å². The van der Waals surface area contributed by atoms with Gasteiger partial charge in [0.25, 0.3) is 5.91 Å². The molecule has 0 aliphatic heterocycles. The van der Waals surface area contributed by atoms with Gasteiger partial charge in [-0.3, -0.25) is 4.79 Å². The van der Waals surface area contributed by atoms with Gasteiger partial charge in [0.05, 0.1) is 17.2 Å². The molecule has 5 nitrogen and oxygen atoms in total. The summed E-state index contributed by atoms with van der Waals surface area (Å²) in [6.45, 7) is 2.10. The topological polar surface area (TPSA) is 66.3 Å². The Morgan fingerprint density at radius 1 is 1.40 bits per heavy atom. The number of aromatic nitrogens is 2. The first kappa shape index (κ1) is 17.6. The van der Waals surface area contributed by atoms with Gasteiger partial charge in [-0.2, -0.15) is 0 Å². The fraction of sp³-hybridized carbons (Fsp3) is 0.722. The van der Waals surface area contributed by atoms with Crippen LogP contribution in [-0.2, 0) is 0 Å². The molecule has 4 saturated carbocycles. The molecule has 136 valence electrons. The van der Waals surface area contributed by atoms with E-state index >= 15 is 0 Å². The molecule has 25 heavy (non-hydrogen) atoms. The van der Waals surface area contributed by atoms with Crippen LogP contribution in [0.5, 0.6) is 0 Å². The van der Waals surface area contributed by atoms with Crippen LogP contribution in [0.3, 0.4) is 0 Å². The molecular formula is C18H24ClN3O2S. The van der Waals surface area contributed by atoms with Crippen LogP contribution < -0.4 is 0 Å². The summed E-state index contributed by atoms with van der Waals surface area (Å²) in [5, 5.41) is 11.4. The van der Waals surface area contributed by atoms with E-state index in [0.717, 1.165) is 44.3 Å². The minimum absolute atomic E-state index is 0.00947. The Bertz CT molecular complexity index is 657. The third-order valence-electron chi connectivity index (χ3n) is 6.00. The Kier molecular flexibility index (Phi) is 4.71. The number of rotatable bonds is 5. The summed E-state index contributed by atoms with van der Waals surface area (Å²) in [5.41, 5.74) is -0.0327. The highest BCUT2D eigenvalue weighted by atomic mass is 35.5. The monoisotopic (exact) mass is 381 g/mol. The van der Waals surface area contributed by atoms with E-state index < -0.39 is 5.60 Å². The van der Waals surface area contributed by atoms with E-state index in [1.54, 1.807) is 18.0 Å². The standard InChI is InChI=1S/C18H24ClN3O2S/c1-2-3-25-16-14(9-20-10-21-16)17(23)22(19)15-12-4-11-5-13(15)8-18(24,6-11)7-12/h9-13,15,24H,2-8H2,1H3. The molecule has 0 aromatic carbocycles. The highest BCUT2D eigenvalue weighted by molar-refractivity contribution is 7.99. The van der Waals surface area contributed by atoms with Crippen LogP contribution in [0.15, 0.2) is 17.6 Å².